The van der Waals surface area contributed by atoms with E-state index in [0.29, 0.717) is 6.32 Å². The predicted molar refractivity (Wildman–Crippen MR) is 58.0 cm³/mol. The van der Waals surface area contributed by atoms with Gasteiger partial charge in [0.1, 0.15) is 0 Å². The van der Waals surface area contributed by atoms with E-state index in [-0.39, 0.29) is 0 Å². The molecule has 0 spiro atoms. The van der Waals surface area contributed by atoms with Crippen molar-refractivity contribution in [3.8, 4) is 6.07 Å². The Kier molecular flexibility index (Phi) is 3.51. The first-order chi connectivity index (χ1) is 6.27. The Morgan fingerprint density at radius 3 is 3.08 bits per heavy atom. The Morgan fingerprint density at radius 2 is 2.46 bits per heavy atom. The maximum absolute atomic E-state index is 8.76. The Bertz CT molecular complexity index is 392. The summed E-state index contributed by atoms with van der Waals surface area (Å²) in [6.07, 6.45) is 2.50. The normalized spacial score (nSPS) is 14.9. The zero-order valence-corrected chi connectivity index (χ0v) is 8.06. The first-order valence-electron chi connectivity index (χ1n) is 3.84. The summed E-state index contributed by atoms with van der Waals surface area (Å²) in [5.41, 5.74) is 2.46. The van der Waals surface area contributed by atoms with Crippen LogP contribution in [0.25, 0.3) is 0 Å². The molecule has 0 saturated heterocycles. The van der Waals surface area contributed by atoms with Crippen LogP contribution in [0, 0.1) is 11.3 Å². The molecule has 0 N–H and O–H groups in total. The average molecular weight is 186 g/mol. The molecule has 13 heavy (non-hydrogen) atoms. The van der Waals surface area contributed by atoms with Crippen LogP contribution in [0.2, 0.25) is 6.32 Å². The Hall–Kier alpha value is -1.30. The van der Waals surface area contributed by atoms with Gasteiger partial charge in [0.25, 0.3) is 0 Å². The maximum atomic E-state index is 8.76. The summed E-state index contributed by atoms with van der Waals surface area (Å²) < 4.78 is 0. The molecule has 62 valence electrons. The van der Waals surface area contributed by atoms with E-state index in [0.717, 1.165) is 16.8 Å². The molecule has 1 aliphatic rings. The number of nitrogens with zero attached hydrogens (tertiary/aromatic N) is 2. The van der Waals surface area contributed by atoms with Crippen molar-refractivity contribution in [2.45, 2.75) is 13.2 Å². The minimum atomic E-state index is 0.662. The van der Waals surface area contributed by atoms with Crippen LogP contribution in [0.15, 0.2) is 27.9 Å². The van der Waals surface area contributed by atoms with Gasteiger partial charge in [-0.3, -0.25) is 0 Å². The second-order valence-electron chi connectivity index (χ2n) is 2.65. The monoisotopic (exact) mass is 186 g/mol. The minimum absolute atomic E-state index is 0.662. The van der Waals surface area contributed by atoms with Gasteiger partial charge in [-0.25, -0.2) is 0 Å². The molecule has 1 aliphatic heterocycles. The van der Waals surface area contributed by atoms with Crippen LogP contribution in [0.3, 0.4) is 0 Å². The van der Waals surface area contributed by atoms with Crippen molar-refractivity contribution in [3.05, 3.63) is 22.9 Å². The molecule has 0 saturated carbocycles. The topological polar surface area (TPSA) is 36.1 Å². The van der Waals surface area contributed by atoms with Gasteiger partial charge in [0.2, 0.25) is 0 Å². The van der Waals surface area contributed by atoms with E-state index >= 15 is 0 Å². The Labute approximate surface area is 83.2 Å². The number of aliphatic imine (C=N–C) groups is 1. The molecule has 0 aromatic rings. The van der Waals surface area contributed by atoms with Gasteiger partial charge in [0.15, 0.2) is 0 Å². The van der Waals surface area contributed by atoms with E-state index in [9.17, 15) is 0 Å². The molecule has 0 amide bonds. The fourth-order valence-corrected chi connectivity index (χ4v) is 1.18. The second-order valence-corrected chi connectivity index (χ2v) is 2.83. The average Bonchev–Trinajstić information content (AvgIpc) is 2.28. The Morgan fingerprint density at radius 1 is 1.69 bits per heavy atom. The van der Waals surface area contributed by atoms with Crippen molar-refractivity contribution >= 4 is 30.3 Å². The number of isothiocyanates is 1. The molecule has 0 bridgehead atoms. The van der Waals surface area contributed by atoms with E-state index in [1.807, 2.05) is 25.9 Å². The van der Waals surface area contributed by atoms with E-state index < -0.39 is 0 Å². The molecule has 0 unspecified atom stereocenters. The molecule has 0 radical (unpaired) electrons. The van der Waals surface area contributed by atoms with Gasteiger partial charge in [0, 0.05) is 0 Å². The summed E-state index contributed by atoms with van der Waals surface area (Å²) in [7, 11) is 0. The van der Waals surface area contributed by atoms with Crippen LogP contribution in [0.4, 0.5) is 0 Å². The zero-order chi connectivity index (χ0) is 9.68. The first-order valence-corrected chi connectivity index (χ1v) is 4.24. The number of nitriles is 1. The van der Waals surface area contributed by atoms with Gasteiger partial charge < -0.3 is 0 Å². The first kappa shape index (κ1) is 9.79. The van der Waals surface area contributed by atoms with E-state index in [2.05, 4.69) is 28.4 Å². The summed E-state index contributed by atoms with van der Waals surface area (Å²) in [5.74, 6) is 1.84. The molecule has 0 aromatic heterocycles. The van der Waals surface area contributed by atoms with Gasteiger partial charge in [-0.15, -0.1) is 0 Å². The third-order valence-corrected chi connectivity index (χ3v) is 1.85. The molecule has 1 rings (SSSR count). The quantitative estimate of drug-likeness (QED) is 0.355. The number of hydrogen-bond acceptors (Lipinski definition) is 3. The molecule has 1 heterocycles. The van der Waals surface area contributed by atoms with Crippen LogP contribution < -0.4 is 0 Å². The van der Waals surface area contributed by atoms with E-state index in [1.165, 1.54) is 0 Å². The standard InChI is InChI=1S/C9H7BN2S/c1-7-2-9(12-6-13)4-10-3-8(7)5-11/h2,4H,3H2,1H3. The van der Waals surface area contributed by atoms with Crippen LogP contribution in [0.1, 0.15) is 6.92 Å². The van der Waals surface area contributed by atoms with E-state index in [1.54, 1.807) is 0 Å². The van der Waals surface area contributed by atoms with Crippen molar-refractivity contribution in [1.29, 1.82) is 5.26 Å². The number of thiocarbonyl (C=S) groups is 1. The van der Waals surface area contributed by atoms with Crippen molar-refractivity contribution < 1.29 is 0 Å². The van der Waals surface area contributed by atoms with Gasteiger partial charge in [0.05, 0.1) is 0 Å². The van der Waals surface area contributed by atoms with Crippen molar-refractivity contribution in [3.63, 3.8) is 0 Å². The van der Waals surface area contributed by atoms with Crippen LogP contribution >= 0.6 is 12.2 Å². The third-order valence-electron chi connectivity index (χ3n) is 1.76. The summed E-state index contributed by atoms with van der Waals surface area (Å²) in [5, 5.41) is 11.1. The second kappa shape index (κ2) is 4.66. The molecular weight excluding hydrogens is 179 g/mol. The van der Waals surface area contributed by atoms with Crippen LogP contribution in [-0.4, -0.2) is 18.0 Å². The van der Waals surface area contributed by atoms with Gasteiger partial charge in [-0.2, -0.15) is 0 Å². The molecular formula is C9H7BN2S. The number of allylic oxidation sites excluding steroid dienone is 4. The molecule has 0 aliphatic carbocycles. The van der Waals surface area contributed by atoms with Gasteiger partial charge in [-0.1, -0.05) is 0 Å². The third kappa shape index (κ3) is 2.59. The fourth-order valence-electron chi connectivity index (χ4n) is 1.07. The predicted octanol–water partition coefficient (Wildman–Crippen LogP) is 1.75. The summed E-state index contributed by atoms with van der Waals surface area (Å²) in [6, 6.07) is 2.15. The van der Waals surface area contributed by atoms with E-state index in [4.69, 9.17) is 5.26 Å². The van der Waals surface area contributed by atoms with Crippen LogP contribution in [-0.2, 0) is 0 Å². The summed E-state index contributed by atoms with van der Waals surface area (Å²) >= 11 is 4.50. The van der Waals surface area contributed by atoms with Crippen molar-refractivity contribution in [2.24, 2.45) is 4.99 Å². The molecule has 0 atom stereocenters. The molecule has 4 heteroatoms. The van der Waals surface area contributed by atoms with Gasteiger partial charge in [-0.05, 0) is 0 Å². The fraction of sp³-hybridized carbons (Fsp3) is 0.222. The van der Waals surface area contributed by atoms with Crippen LogP contribution in [0.5, 0.6) is 0 Å². The molecule has 0 fully saturated rings. The zero-order valence-electron chi connectivity index (χ0n) is 7.24. The molecule has 2 nitrogen and oxygen atoms in total. The van der Waals surface area contributed by atoms with Crippen molar-refractivity contribution in [1.82, 2.24) is 0 Å². The number of rotatable bonds is 1. The summed E-state index contributed by atoms with van der Waals surface area (Å²) in [4.78, 5) is 3.86. The Balaban J connectivity index is 3.12. The molecule has 0 aromatic carbocycles. The van der Waals surface area contributed by atoms with Crippen molar-refractivity contribution in [2.75, 3.05) is 0 Å². The number of hydrogen-bond donors (Lipinski definition) is 0. The SMILES string of the molecule is CC1=C(C#N)CB=CC(N=C=S)=C1. The summed E-state index contributed by atoms with van der Waals surface area (Å²) in [6.45, 7) is 3.79. The van der Waals surface area contributed by atoms with Gasteiger partial charge >= 0.3 is 82.8 Å².